The van der Waals surface area contributed by atoms with Gasteiger partial charge in [0.2, 0.25) is 0 Å². The van der Waals surface area contributed by atoms with E-state index in [2.05, 4.69) is 169 Å². The van der Waals surface area contributed by atoms with Crippen LogP contribution in [0.5, 0.6) is 0 Å². The molecule has 188 valence electrons. The Bertz CT molecular complexity index is 1640. The van der Waals surface area contributed by atoms with Crippen molar-refractivity contribution in [3.8, 4) is 0 Å². The Morgan fingerprint density at radius 2 is 0.846 bits per heavy atom. The van der Waals surface area contributed by atoms with Gasteiger partial charge in [-0.2, -0.15) is 0 Å². The SMILES string of the molecule is c1ccc(N(c2ccccc2)c2ccc3c(c2)Sc2ccccc2S3(c2ccccc2)c2ccccc2)cc1. The summed E-state index contributed by atoms with van der Waals surface area (Å²) in [5.74, 6) is 0. The van der Waals surface area contributed by atoms with Gasteiger partial charge in [-0.05, 0) is 78.9 Å². The van der Waals surface area contributed by atoms with E-state index in [1.807, 2.05) is 11.8 Å². The summed E-state index contributed by atoms with van der Waals surface area (Å²) in [6.07, 6.45) is 0. The number of nitrogens with zero attached hydrogens (tertiary/aromatic N) is 1. The van der Waals surface area contributed by atoms with Crippen molar-refractivity contribution in [3.63, 3.8) is 0 Å². The standard InChI is InChI=1S/C36H27NS2/c1-5-15-28(16-6-1)37(29-17-7-2-8-18-29)30-25-26-36-34(27-30)38-33-23-13-14-24-35(33)39(36,31-19-9-3-10-20-31)32-21-11-4-12-22-32/h1-27H. The first-order chi connectivity index (χ1) is 19.4. The smallest absolute Gasteiger partial charge is 0.0473 e. The molecule has 0 radical (unpaired) electrons. The van der Waals surface area contributed by atoms with Crippen molar-refractivity contribution in [2.24, 2.45) is 0 Å². The maximum absolute atomic E-state index is 2.39. The molecule has 0 aromatic heterocycles. The molecule has 0 bridgehead atoms. The highest BCUT2D eigenvalue weighted by atomic mass is 32.3. The molecule has 0 spiro atoms. The molecule has 1 aliphatic rings. The topological polar surface area (TPSA) is 3.24 Å². The molecule has 0 unspecified atom stereocenters. The summed E-state index contributed by atoms with van der Waals surface area (Å²) in [7, 11) is -1.68. The van der Waals surface area contributed by atoms with Crippen molar-refractivity contribution in [1.82, 2.24) is 0 Å². The van der Waals surface area contributed by atoms with Crippen molar-refractivity contribution in [2.45, 2.75) is 29.4 Å². The van der Waals surface area contributed by atoms with Crippen LogP contribution in [0.2, 0.25) is 0 Å². The van der Waals surface area contributed by atoms with Crippen molar-refractivity contribution < 1.29 is 0 Å². The van der Waals surface area contributed by atoms with Gasteiger partial charge in [0.15, 0.2) is 0 Å². The zero-order valence-electron chi connectivity index (χ0n) is 21.4. The molecule has 0 saturated carbocycles. The highest BCUT2D eigenvalue weighted by Gasteiger charge is 2.40. The van der Waals surface area contributed by atoms with Gasteiger partial charge in [-0.15, -0.1) is 10.0 Å². The van der Waals surface area contributed by atoms with Crippen LogP contribution in [-0.4, -0.2) is 0 Å². The number of fused-ring (bicyclic) bond motifs is 2. The summed E-state index contributed by atoms with van der Waals surface area (Å²) in [5.41, 5.74) is 3.46. The van der Waals surface area contributed by atoms with E-state index >= 15 is 0 Å². The van der Waals surface area contributed by atoms with Crippen LogP contribution in [0.1, 0.15) is 0 Å². The third-order valence-electron chi connectivity index (χ3n) is 7.14. The Morgan fingerprint density at radius 1 is 0.385 bits per heavy atom. The van der Waals surface area contributed by atoms with E-state index in [0.717, 1.165) is 17.1 Å². The molecular weight excluding hydrogens is 511 g/mol. The van der Waals surface area contributed by atoms with E-state index in [9.17, 15) is 0 Å². The maximum Gasteiger partial charge on any atom is 0.0473 e. The van der Waals surface area contributed by atoms with Crippen LogP contribution in [0.3, 0.4) is 0 Å². The predicted octanol–water partition coefficient (Wildman–Crippen LogP) is 11.0. The lowest BCUT2D eigenvalue weighted by atomic mass is 10.2. The average Bonchev–Trinajstić information content (AvgIpc) is 3.02. The maximum atomic E-state index is 2.39. The summed E-state index contributed by atoms with van der Waals surface area (Å²) in [6.45, 7) is 0. The second kappa shape index (κ2) is 10.2. The van der Waals surface area contributed by atoms with E-state index in [0.29, 0.717) is 0 Å². The second-order valence-electron chi connectivity index (χ2n) is 9.42. The Balaban J connectivity index is 1.51. The first-order valence-electron chi connectivity index (χ1n) is 13.1. The van der Waals surface area contributed by atoms with Crippen LogP contribution in [0.4, 0.5) is 17.1 Å². The lowest BCUT2D eigenvalue weighted by Crippen LogP contribution is -2.13. The highest BCUT2D eigenvalue weighted by Crippen LogP contribution is 2.78. The van der Waals surface area contributed by atoms with E-state index in [4.69, 9.17) is 0 Å². The molecule has 1 nitrogen and oxygen atoms in total. The van der Waals surface area contributed by atoms with Gasteiger partial charge in [-0.3, -0.25) is 0 Å². The van der Waals surface area contributed by atoms with Gasteiger partial charge in [0, 0.05) is 46.4 Å². The fraction of sp³-hybridized carbons (Fsp3) is 0. The number of anilines is 3. The van der Waals surface area contributed by atoms with Crippen LogP contribution >= 0.6 is 21.8 Å². The lowest BCUT2D eigenvalue weighted by molar-refractivity contribution is 1.08. The normalized spacial score (nSPS) is 14.1. The van der Waals surface area contributed by atoms with Crippen LogP contribution in [0.25, 0.3) is 0 Å². The second-order valence-corrected chi connectivity index (χ2v) is 13.6. The number of benzene rings is 6. The summed E-state index contributed by atoms with van der Waals surface area (Å²) in [4.78, 5) is 10.5. The Hall–Kier alpha value is -4.18. The largest absolute Gasteiger partial charge is 0.310 e. The van der Waals surface area contributed by atoms with Gasteiger partial charge in [0.1, 0.15) is 0 Å². The van der Waals surface area contributed by atoms with Crippen LogP contribution in [-0.2, 0) is 0 Å². The van der Waals surface area contributed by atoms with Crippen LogP contribution in [0.15, 0.2) is 193 Å². The third-order valence-corrected chi connectivity index (χ3v) is 12.5. The summed E-state index contributed by atoms with van der Waals surface area (Å²) in [6, 6.07) is 59.6. The summed E-state index contributed by atoms with van der Waals surface area (Å²) >= 11 is 1.89. The molecule has 39 heavy (non-hydrogen) atoms. The molecule has 1 heterocycles. The lowest BCUT2D eigenvalue weighted by Gasteiger charge is -2.46. The minimum Gasteiger partial charge on any atom is -0.310 e. The molecule has 7 rings (SSSR count). The number of rotatable bonds is 5. The quantitative estimate of drug-likeness (QED) is 0.215. The number of hydrogen-bond acceptors (Lipinski definition) is 2. The van der Waals surface area contributed by atoms with Gasteiger partial charge >= 0.3 is 0 Å². The first-order valence-corrected chi connectivity index (χ1v) is 15.6. The molecule has 3 heteroatoms. The monoisotopic (exact) mass is 537 g/mol. The van der Waals surface area contributed by atoms with Gasteiger partial charge in [-0.1, -0.05) is 96.7 Å². The van der Waals surface area contributed by atoms with Crippen LogP contribution in [0, 0.1) is 0 Å². The summed E-state index contributed by atoms with van der Waals surface area (Å²) < 4.78 is 0. The number of hydrogen-bond donors (Lipinski definition) is 0. The predicted molar refractivity (Wildman–Crippen MR) is 165 cm³/mol. The van der Waals surface area contributed by atoms with Crippen molar-refractivity contribution >= 4 is 38.9 Å². The van der Waals surface area contributed by atoms with E-state index in [1.165, 1.54) is 29.4 Å². The highest BCUT2D eigenvalue weighted by molar-refractivity contribution is 8.34. The molecule has 0 saturated heterocycles. The van der Waals surface area contributed by atoms with E-state index < -0.39 is 10.0 Å². The first kappa shape index (κ1) is 23.9. The Labute approximate surface area is 236 Å². The van der Waals surface area contributed by atoms with E-state index in [-0.39, 0.29) is 0 Å². The van der Waals surface area contributed by atoms with Gasteiger partial charge in [-0.25, -0.2) is 0 Å². The van der Waals surface area contributed by atoms with E-state index in [1.54, 1.807) is 0 Å². The van der Waals surface area contributed by atoms with Crippen LogP contribution < -0.4 is 4.90 Å². The Kier molecular flexibility index (Phi) is 6.24. The van der Waals surface area contributed by atoms with Gasteiger partial charge < -0.3 is 4.90 Å². The molecule has 0 N–H and O–H groups in total. The average molecular weight is 538 g/mol. The molecule has 6 aromatic carbocycles. The van der Waals surface area contributed by atoms with Crippen molar-refractivity contribution in [2.75, 3.05) is 4.90 Å². The molecule has 0 atom stereocenters. The molecule has 0 amide bonds. The summed E-state index contributed by atoms with van der Waals surface area (Å²) in [5, 5.41) is 0. The van der Waals surface area contributed by atoms with Crippen molar-refractivity contribution in [3.05, 3.63) is 164 Å². The molecule has 1 aliphatic heterocycles. The third kappa shape index (κ3) is 4.06. The zero-order valence-corrected chi connectivity index (χ0v) is 23.0. The molecular formula is C36H27NS2. The number of para-hydroxylation sites is 2. The minimum absolute atomic E-state index is 1.15. The Morgan fingerprint density at radius 3 is 1.41 bits per heavy atom. The zero-order chi connectivity index (χ0) is 26.1. The molecule has 0 fully saturated rings. The minimum atomic E-state index is -1.68. The fourth-order valence-electron chi connectivity index (χ4n) is 5.49. The molecule has 0 aliphatic carbocycles. The molecule has 6 aromatic rings. The van der Waals surface area contributed by atoms with Gasteiger partial charge in [0.25, 0.3) is 0 Å². The van der Waals surface area contributed by atoms with Crippen molar-refractivity contribution in [1.29, 1.82) is 0 Å². The fourth-order valence-corrected chi connectivity index (χ4v) is 11.3. The van der Waals surface area contributed by atoms with Gasteiger partial charge in [0.05, 0.1) is 0 Å².